The van der Waals surface area contributed by atoms with Crippen molar-refractivity contribution in [2.24, 2.45) is 0 Å². The van der Waals surface area contributed by atoms with Crippen LogP contribution in [0, 0.1) is 0 Å². The highest BCUT2D eigenvalue weighted by molar-refractivity contribution is 5.95. The minimum absolute atomic E-state index is 0.0264. The smallest absolute Gasteiger partial charge is 0.339 e. The van der Waals surface area contributed by atoms with Crippen molar-refractivity contribution in [2.45, 2.75) is 64.1 Å². The van der Waals surface area contributed by atoms with Crippen LogP contribution in [0.5, 0.6) is 0 Å². The fourth-order valence-electron chi connectivity index (χ4n) is 4.52. The summed E-state index contributed by atoms with van der Waals surface area (Å²) in [6.07, 6.45) is 1.77. The average Bonchev–Trinajstić information content (AvgIpc) is 2.95. The Morgan fingerprint density at radius 3 is 2.28 bits per heavy atom. The predicted octanol–water partition coefficient (Wildman–Crippen LogP) is 4.44. The van der Waals surface area contributed by atoms with Gasteiger partial charge in [0.1, 0.15) is 6.54 Å². The Bertz CT molecular complexity index is 976. The van der Waals surface area contributed by atoms with Gasteiger partial charge in [-0.3, -0.25) is 14.3 Å². The highest BCUT2D eigenvalue weighted by Crippen LogP contribution is 2.35. The van der Waals surface area contributed by atoms with Crippen molar-refractivity contribution < 1.29 is 22.8 Å². The lowest BCUT2D eigenvalue weighted by Gasteiger charge is -2.26. The van der Waals surface area contributed by atoms with E-state index in [0.717, 1.165) is 45.2 Å². The van der Waals surface area contributed by atoms with E-state index in [0.29, 0.717) is 36.2 Å². The molecule has 0 unspecified atom stereocenters. The van der Waals surface area contributed by atoms with E-state index in [1.54, 1.807) is 24.3 Å². The number of nitrogens with one attached hydrogen (secondary N) is 1. The normalized spacial score (nSPS) is 16.9. The molecule has 0 spiro atoms. The Kier molecular flexibility index (Phi) is 6.53. The van der Waals surface area contributed by atoms with Gasteiger partial charge in [0.15, 0.2) is 5.69 Å². The molecule has 2 aliphatic rings. The Labute approximate surface area is 184 Å². The Hall–Kier alpha value is -2.84. The highest BCUT2D eigenvalue weighted by Gasteiger charge is 2.39. The van der Waals surface area contributed by atoms with Gasteiger partial charge in [0.2, 0.25) is 5.91 Å². The first kappa shape index (κ1) is 22.4. The zero-order chi connectivity index (χ0) is 22.7. The van der Waals surface area contributed by atoms with E-state index in [-0.39, 0.29) is 18.0 Å². The quantitative estimate of drug-likeness (QED) is 0.704. The third-order valence-electron chi connectivity index (χ3n) is 6.13. The molecule has 1 aromatic carbocycles. The van der Waals surface area contributed by atoms with Crippen molar-refractivity contribution in [2.75, 3.05) is 18.4 Å². The van der Waals surface area contributed by atoms with Crippen LogP contribution in [0.3, 0.4) is 0 Å². The third kappa shape index (κ3) is 4.97. The number of rotatable bonds is 4. The fraction of sp³-hybridized carbons (Fsp3) is 0.522. The molecule has 1 saturated heterocycles. The number of hydrogen-bond acceptors (Lipinski definition) is 3. The Balaban J connectivity index is 1.44. The molecular formula is C23H27F3N4O2. The van der Waals surface area contributed by atoms with Crippen LogP contribution in [-0.4, -0.2) is 39.6 Å². The number of piperidine rings is 1. The first-order valence-electron chi connectivity index (χ1n) is 11.2. The van der Waals surface area contributed by atoms with Gasteiger partial charge in [-0.15, -0.1) is 0 Å². The molecule has 2 heterocycles. The average molecular weight is 448 g/mol. The van der Waals surface area contributed by atoms with Crippen LogP contribution in [0.25, 0.3) is 0 Å². The van der Waals surface area contributed by atoms with Gasteiger partial charge in [0.25, 0.3) is 5.91 Å². The lowest BCUT2D eigenvalue weighted by molar-refractivity contribution is -0.142. The van der Waals surface area contributed by atoms with E-state index < -0.39 is 17.8 Å². The van der Waals surface area contributed by atoms with Crippen LogP contribution in [0.15, 0.2) is 24.3 Å². The summed E-state index contributed by atoms with van der Waals surface area (Å²) in [6, 6.07) is 6.60. The summed E-state index contributed by atoms with van der Waals surface area (Å²) < 4.78 is 41.5. The molecule has 0 atom stereocenters. The van der Waals surface area contributed by atoms with Crippen molar-refractivity contribution in [3.63, 3.8) is 0 Å². The van der Waals surface area contributed by atoms with E-state index in [1.807, 2.05) is 4.90 Å². The number of halogens is 3. The summed E-state index contributed by atoms with van der Waals surface area (Å²) in [7, 11) is 0. The number of amides is 2. The Morgan fingerprint density at radius 2 is 1.59 bits per heavy atom. The van der Waals surface area contributed by atoms with Gasteiger partial charge in [-0.25, -0.2) is 0 Å². The third-order valence-corrected chi connectivity index (χ3v) is 6.13. The first-order valence-corrected chi connectivity index (χ1v) is 11.2. The minimum atomic E-state index is -4.53. The summed E-state index contributed by atoms with van der Waals surface area (Å²) in [5.41, 5.74) is 0.898. The summed E-state index contributed by atoms with van der Waals surface area (Å²) in [5, 5.41) is 6.46. The molecule has 4 rings (SSSR count). The molecule has 32 heavy (non-hydrogen) atoms. The van der Waals surface area contributed by atoms with Gasteiger partial charge in [-0.1, -0.05) is 6.42 Å². The molecule has 2 amide bonds. The molecule has 1 fully saturated rings. The number of carbonyl (C=O) groups excluding carboxylic acids is 2. The number of carbonyl (C=O) groups is 2. The molecule has 9 heteroatoms. The van der Waals surface area contributed by atoms with Crippen LogP contribution < -0.4 is 5.32 Å². The summed E-state index contributed by atoms with van der Waals surface area (Å²) in [4.78, 5) is 26.9. The van der Waals surface area contributed by atoms with Crippen molar-refractivity contribution in [3.05, 3.63) is 46.8 Å². The molecule has 0 saturated carbocycles. The summed E-state index contributed by atoms with van der Waals surface area (Å²) >= 11 is 0. The van der Waals surface area contributed by atoms with E-state index in [2.05, 4.69) is 10.4 Å². The number of likely N-dealkylation sites (tertiary alicyclic amines) is 1. The van der Waals surface area contributed by atoms with E-state index >= 15 is 0 Å². The monoisotopic (exact) mass is 448 g/mol. The molecular weight excluding hydrogens is 421 g/mol. The van der Waals surface area contributed by atoms with Gasteiger partial charge < -0.3 is 10.2 Å². The molecule has 172 valence electrons. The van der Waals surface area contributed by atoms with Gasteiger partial charge in [0, 0.05) is 35.6 Å². The van der Waals surface area contributed by atoms with Gasteiger partial charge >= 0.3 is 6.18 Å². The number of nitrogens with zero attached hydrogens (tertiary/aromatic N) is 3. The van der Waals surface area contributed by atoms with Crippen LogP contribution >= 0.6 is 0 Å². The molecule has 1 aliphatic carbocycles. The van der Waals surface area contributed by atoms with Crippen LogP contribution in [0.1, 0.15) is 65.8 Å². The highest BCUT2D eigenvalue weighted by atomic mass is 19.4. The lowest BCUT2D eigenvalue weighted by Crippen LogP contribution is -2.35. The van der Waals surface area contributed by atoms with E-state index in [9.17, 15) is 22.8 Å². The number of fused-ring (bicyclic) bond motifs is 1. The molecule has 0 radical (unpaired) electrons. The second-order valence-electron chi connectivity index (χ2n) is 8.47. The van der Waals surface area contributed by atoms with Crippen LogP contribution in [-0.2, 0) is 30.4 Å². The SMILES string of the molecule is O=C(Cn1nc(C(F)(F)F)c2c1CCCCC2)Nc1ccc(C(=O)N2CCCCC2)cc1. The number of benzene rings is 1. The number of hydrogen-bond donors (Lipinski definition) is 1. The minimum Gasteiger partial charge on any atom is -0.339 e. The topological polar surface area (TPSA) is 67.2 Å². The van der Waals surface area contributed by atoms with Crippen LogP contribution in [0.4, 0.5) is 18.9 Å². The van der Waals surface area contributed by atoms with E-state index in [4.69, 9.17) is 0 Å². The molecule has 6 nitrogen and oxygen atoms in total. The summed E-state index contributed by atoms with van der Waals surface area (Å²) in [5.74, 6) is -0.482. The maximum atomic E-state index is 13.4. The van der Waals surface area contributed by atoms with Crippen molar-refractivity contribution in [3.8, 4) is 0 Å². The zero-order valence-corrected chi connectivity index (χ0v) is 17.9. The standard InChI is InChI=1S/C23H27F3N4O2/c24-23(25,26)21-18-7-3-1-4-8-19(18)30(28-21)15-20(31)27-17-11-9-16(10-12-17)22(32)29-13-5-2-6-14-29/h9-12H,1-8,13-15H2,(H,27,31). The second kappa shape index (κ2) is 9.34. The number of aromatic nitrogens is 2. The van der Waals surface area contributed by atoms with Gasteiger partial charge in [0.05, 0.1) is 0 Å². The maximum absolute atomic E-state index is 13.4. The molecule has 0 bridgehead atoms. The largest absolute Gasteiger partial charge is 0.435 e. The number of anilines is 1. The van der Waals surface area contributed by atoms with Gasteiger partial charge in [-0.2, -0.15) is 18.3 Å². The second-order valence-corrected chi connectivity index (χ2v) is 8.47. The fourth-order valence-corrected chi connectivity index (χ4v) is 4.52. The zero-order valence-electron chi connectivity index (χ0n) is 17.9. The molecule has 1 aliphatic heterocycles. The van der Waals surface area contributed by atoms with E-state index in [1.165, 1.54) is 4.68 Å². The first-order chi connectivity index (χ1) is 15.3. The van der Waals surface area contributed by atoms with Crippen LogP contribution in [0.2, 0.25) is 0 Å². The Morgan fingerprint density at radius 1 is 0.938 bits per heavy atom. The lowest BCUT2D eigenvalue weighted by atomic mass is 10.1. The van der Waals surface area contributed by atoms with Crippen molar-refractivity contribution >= 4 is 17.5 Å². The molecule has 2 aromatic rings. The van der Waals surface area contributed by atoms with Gasteiger partial charge in [-0.05, 0) is 69.2 Å². The maximum Gasteiger partial charge on any atom is 0.435 e. The van der Waals surface area contributed by atoms with Crippen molar-refractivity contribution in [1.29, 1.82) is 0 Å². The number of alkyl halides is 3. The van der Waals surface area contributed by atoms with Crippen molar-refractivity contribution in [1.82, 2.24) is 14.7 Å². The predicted molar refractivity (Wildman–Crippen MR) is 113 cm³/mol. The molecule has 1 aromatic heterocycles. The summed E-state index contributed by atoms with van der Waals surface area (Å²) in [6.45, 7) is 1.23. The molecule has 1 N–H and O–H groups in total.